The summed E-state index contributed by atoms with van der Waals surface area (Å²) >= 11 is 0. The Hall–Kier alpha value is -4.25. The minimum absolute atomic E-state index is 0.0111. The lowest BCUT2D eigenvalue weighted by Gasteiger charge is -2.32. The SMILES string of the molecule is COc1ccc(CN(C(=O)CN(c2ccc(OC)c(OC)c2)S(=O)(=O)c2ccccc2)C(C)C(=O)NCC(C)C)cc1. The molecule has 0 spiro atoms. The second kappa shape index (κ2) is 14.6. The molecule has 3 rings (SSSR count). The summed E-state index contributed by atoms with van der Waals surface area (Å²) in [4.78, 5) is 28.6. The number of amides is 2. The lowest BCUT2D eigenvalue weighted by Crippen LogP contribution is -2.51. The molecular formula is C31H39N3O7S. The first kappa shape index (κ1) is 32.3. The Labute approximate surface area is 248 Å². The zero-order valence-corrected chi connectivity index (χ0v) is 25.7. The van der Waals surface area contributed by atoms with E-state index in [1.54, 1.807) is 68.6 Å². The van der Waals surface area contributed by atoms with Gasteiger partial charge in [0.1, 0.15) is 18.3 Å². The molecule has 226 valence electrons. The lowest BCUT2D eigenvalue weighted by molar-refractivity contribution is -0.139. The molecule has 0 aliphatic rings. The summed E-state index contributed by atoms with van der Waals surface area (Å²) in [5.74, 6) is 0.659. The summed E-state index contributed by atoms with van der Waals surface area (Å²) in [6, 6.07) is 18.7. The van der Waals surface area contributed by atoms with Crippen LogP contribution in [0.25, 0.3) is 0 Å². The highest BCUT2D eigenvalue weighted by atomic mass is 32.2. The summed E-state index contributed by atoms with van der Waals surface area (Å²) < 4.78 is 44.9. The van der Waals surface area contributed by atoms with Gasteiger partial charge in [-0.1, -0.05) is 44.2 Å². The highest BCUT2D eigenvalue weighted by molar-refractivity contribution is 7.92. The van der Waals surface area contributed by atoms with E-state index in [4.69, 9.17) is 14.2 Å². The van der Waals surface area contributed by atoms with Crippen LogP contribution in [0.4, 0.5) is 5.69 Å². The topological polar surface area (TPSA) is 114 Å². The number of carbonyl (C=O) groups excluding carboxylic acids is 2. The number of nitrogens with zero attached hydrogens (tertiary/aromatic N) is 2. The van der Waals surface area contributed by atoms with Crippen molar-refractivity contribution in [2.75, 3.05) is 38.7 Å². The molecule has 0 aliphatic heterocycles. The van der Waals surface area contributed by atoms with Gasteiger partial charge >= 0.3 is 0 Å². The van der Waals surface area contributed by atoms with Crippen LogP contribution in [-0.4, -0.2) is 65.6 Å². The number of methoxy groups -OCH3 is 3. The number of hydrogen-bond acceptors (Lipinski definition) is 7. The normalized spacial score (nSPS) is 11.9. The lowest BCUT2D eigenvalue weighted by atomic mass is 10.1. The summed E-state index contributed by atoms with van der Waals surface area (Å²) in [5.41, 5.74) is 0.947. The first-order valence-corrected chi connectivity index (χ1v) is 15.0. The molecule has 2 amide bonds. The minimum atomic E-state index is -4.20. The first-order chi connectivity index (χ1) is 20.0. The van der Waals surface area contributed by atoms with E-state index in [2.05, 4.69) is 5.32 Å². The fourth-order valence-corrected chi connectivity index (χ4v) is 5.62. The second-order valence-electron chi connectivity index (χ2n) is 10.0. The van der Waals surface area contributed by atoms with Gasteiger partial charge < -0.3 is 24.4 Å². The summed E-state index contributed by atoms with van der Waals surface area (Å²) in [6.45, 7) is 5.52. The van der Waals surface area contributed by atoms with E-state index in [-0.39, 0.29) is 29.0 Å². The Morgan fingerprint density at radius 3 is 2.05 bits per heavy atom. The van der Waals surface area contributed by atoms with E-state index < -0.39 is 28.5 Å². The van der Waals surface area contributed by atoms with Crippen LogP contribution in [0.2, 0.25) is 0 Å². The van der Waals surface area contributed by atoms with Gasteiger partial charge in [0.25, 0.3) is 10.0 Å². The van der Waals surface area contributed by atoms with Gasteiger partial charge in [-0.15, -0.1) is 0 Å². The molecule has 0 aliphatic carbocycles. The molecule has 10 nitrogen and oxygen atoms in total. The molecule has 3 aromatic carbocycles. The average molecular weight is 598 g/mol. The number of hydrogen-bond donors (Lipinski definition) is 1. The maximum atomic E-state index is 14.1. The molecule has 1 atom stereocenters. The van der Waals surface area contributed by atoms with E-state index in [0.717, 1.165) is 9.87 Å². The molecule has 1 unspecified atom stereocenters. The average Bonchev–Trinajstić information content (AvgIpc) is 3.01. The van der Waals surface area contributed by atoms with Crippen molar-refractivity contribution in [3.8, 4) is 17.2 Å². The Morgan fingerprint density at radius 1 is 0.833 bits per heavy atom. The van der Waals surface area contributed by atoms with Crippen molar-refractivity contribution in [1.82, 2.24) is 10.2 Å². The molecule has 0 fully saturated rings. The van der Waals surface area contributed by atoms with Crippen LogP contribution in [0.3, 0.4) is 0 Å². The molecule has 42 heavy (non-hydrogen) atoms. The van der Waals surface area contributed by atoms with Crippen molar-refractivity contribution in [1.29, 1.82) is 0 Å². The maximum Gasteiger partial charge on any atom is 0.264 e. The van der Waals surface area contributed by atoms with E-state index in [1.807, 2.05) is 13.8 Å². The van der Waals surface area contributed by atoms with Crippen molar-refractivity contribution in [3.05, 3.63) is 78.4 Å². The molecule has 0 bridgehead atoms. The van der Waals surface area contributed by atoms with Gasteiger partial charge in [-0.05, 0) is 54.8 Å². The number of carbonyl (C=O) groups is 2. The van der Waals surface area contributed by atoms with Gasteiger partial charge in [0.2, 0.25) is 11.8 Å². The van der Waals surface area contributed by atoms with Crippen LogP contribution >= 0.6 is 0 Å². The zero-order valence-electron chi connectivity index (χ0n) is 24.9. The number of sulfonamides is 1. The fraction of sp³-hybridized carbons (Fsp3) is 0.355. The Morgan fingerprint density at radius 2 is 1.48 bits per heavy atom. The third-order valence-corrected chi connectivity index (χ3v) is 8.42. The largest absolute Gasteiger partial charge is 0.497 e. The van der Waals surface area contributed by atoms with Crippen LogP contribution < -0.4 is 23.8 Å². The summed E-state index contributed by atoms with van der Waals surface area (Å²) in [6.07, 6.45) is 0. The number of benzene rings is 3. The fourth-order valence-electron chi connectivity index (χ4n) is 4.19. The van der Waals surface area contributed by atoms with E-state index in [0.29, 0.717) is 23.8 Å². The molecule has 0 saturated heterocycles. The molecule has 1 N–H and O–H groups in total. The molecule has 11 heteroatoms. The minimum Gasteiger partial charge on any atom is -0.497 e. The molecule has 3 aromatic rings. The van der Waals surface area contributed by atoms with Crippen LogP contribution in [0, 0.1) is 5.92 Å². The van der Waals surface area contributed by atoms with E-state index >= 15 is 0 Å². The van der Waals surface area contributed by atoms with Crippen LogP contribution in [0.1, 0.15) is 26.3 Å². The Bertz CT molecular complexity index is 1450. The predicted octanol–water partition coefficient (Wildman–Crippen LogP) is 4.10. The van der Waals surface area contributed by atoms with Gasteiger partial charge in [-0.2, -0.15) is 0 Å². The maximum absolute atomic E-state index is 14.1. The van der Waals surface area contributed by atoms with Gasteiger partial charge in [-0.25, -0.2) is 8.42 Å². The van der Waals surface area contributed by atoms with Crippen molar-refractivity contribution in [2.24, 2.45) is 5.92 Å². The smallest absolute Gasteiger partial charge is 0.264 e. The quantitative estimate of drug-likeness (QED) is 0.298. The number of nitrogens with one attached hydrogen (secondary N) is 1. The zero-order chi connectivity index (χ0) is 30.9. The van der Waals surface area contributed by atoms with Gasteiger partial charge in [0.05, 0.1) is 31.9 Å². The Kier molecular flexibility index (Phi) is 11.2. The monoisotopic (exact) mass is 597 g/mol. The Balaban J connectivity index is 2.05. The van der Waals surface area contributed by atoms with Gasteiger partial charge in [-0.3, -0.25) is 13.9 Å². The molecule has 0 saturated carbocycles. The summed E-state index contributed by atoms with van der Waals surface area (Å²) in [7, 11) is 0.269. The second-order valence-corrected chi connectivity index (χ2v) is 11.9. The van der Waals surface area contributed by atoms with Crippen molar-refractivity contribution < 1.29 is 32.2 Å². The van der Waals surface area contributed by atoms with Crippen molar-refractivity contribution in [2.45, 2.75) is 38.3 Å². The highest BCUT2D eigenvalue weighted by Crippen LogP contribution is 2.34. The van der Waals surface area contributed by atoms with Crippen LogP contribution in [0.5, 0.6) is 17.2 Å². The van der Waals surface area contributed by atoms with Gasteiger partial charge in [0.15, 0.2) is 11.5 Å². The van der Waals surface area contributed by atoms with Crippen LogP contribution in [-0.2, 0) is 26.2 Å². The summed E-state index contributed by atoms with van der Waals surface area (Å²) in [5, 5.41) is 2.87. The standard InChI is InChI=1S/C31H39N3O7S/c1-22(2)19-32-31(36)23(3)33(20-24-12-15-26(39-4)16-13-24)30(35)21-34(42(37,38)27-10-8-7-9-11-27)25-14-17-28(40-5)29(18-25)41-6/h7-18,22-23H,19-21H2,1-6H3,(H,32,36). The molecule has 0 radical (unpaired) electrons. The van der Waals surface area contributed by atoms with Gasteiger partial charge in [0, 0.05) is 19.2 Å². The number of ether oxygens (including phenoxy) is 3. The highest BCUT2D eigenvalue weighted by Gasteiger charge is 2.33. The number of anilines is 1. The third-order valence-electron chi connectivity index (χ3n) is 6.63. The molecule has 0 heterocycles. The predicted molar refractivity (Wildman–Crippen MR) is 161 cm³/mol. The molecular weight excluding hydrogens is 558 g/mol. The van der Waals surface area contributed by atoms with Crippen molar-refractivity contribution >= 4 is 27.5 Å². The molecule has 0 aromatic heterocycles. The van der Waals surface area contributed by atoms with E-state index in [1.165, 1.54) is 37.3 Å². The first-order valence-electron chi connectivity index (χ1n) is 13.5. The van der Waals surface area contributed by atoms with Crippen molar-refractivity contribution in [3.63, 3.8) is 0 Å². The van der Waals surface area contributed by atoms with E-state index in [9.17, 15) is 18.0 Å². The van der Waals surface area contributed by atoms with Crippen LogP contribution in [0.15, 0.2) is 77.7 Å². The third kappa shape index (κ3) is 7.94. The number of rotatable bonds is 14.